The molecule has 0 radical (unpaired) electrons. The van der Waals surface area contributed by atoms with Gasteiger partial charge in [0.2, 0.25) is 0 Å². The van der Waals surface area contributed by atoms with Crippen molar-refractivity contribution >= 4 is 51.1 Å². The number of hydrogen-bond donors (Lipinski definition) is 1. The third kappa shape index (κ3) is 3.97. The van der Waals surface area contributed by atoms with Crippen LogP contribution in [0, 0.1) is 5.92 Å². The van der Waals surface area contributed by atoms with Crippen LogP contribution in [0.3, 0.4) is 0 Å². The Labute approximate surface area is 157 Å². The Bertz CT molecular complexity index is 708. The summed E-state index contributed by atoms with van der Waals surface area (Å²) < 4.78 is 25.8. The van der Waals surface area contributed by atoms with Crippen molar-refractivity contribution in [1.29, 1.82) is 0 Å². The molecule has 0 aromatic carbocycles. The van der Waals surface area contributed by atoms with Gasteiger partial charge in [0, 0.05) is 13.0 Å². The van der Waals surface area contributed by atoms with Crippen molar-refractivity contribution in [1.82, 2.24) is 0 Å². The van der Waals surface area contributed by atoms with Crippen molar-refractivity contribution in [2.75, 3.05) is 5.75 Å². The first-order chi connectivity index (χ1) is 11.0. The molecular formula is C16H25BrO4S2Si. The molecule has 1 fully saturated rings. The lowest BCUT2D eigenvalue weighted by molar-refractivity contribution is -0.143. The number of hydrogen-bond acceptors (Lipinski definition) is 4. The van der Waals surface area contributed by atoms with Gasteiger partial charge < -0.3 is 5.11 Å². The van der Waals surface area contributed by atoms with E-state index in [1.165, 1.54) is 11.3 Å². The van der Waals surface area contributed by atoms with Crippen LogP contribution in [0.1, 0.15) is 30.6 Å². The molecule has 2 rings (SSSR count). The van der Waals surface area contributed by atoms with Gasteiger partial charge in [0.25, 0.3) is 0 Å². The average Bonchev–Trinajstić information content (AvgIpc) is 2.85. The molecule has 0 amide bonds. The monoisotopic (exact) mass is 452 g/mol. The van der Waals surface area contributed by atoms with Gasteiger partial charge in [-0.2, -0.15) is 0 Å². The number of thiophene rings is 1. The van der Waals surface area contributed by atoms with Crippen LogP contribution in [0.5, 0.6) is 0 Å². The number of sulfone groups is 1. The van der Waals surface area contributed by atoms with Gasteiger partial charge >= 0.3 is 5.97 Å². The van der Waals surface area contributed by atoms with Gasteiger partial charge in [-0.05, 0) is 47.3 Å². The lowest BCUT2D eigenvalue weighted by atomic mass is 9.83. The van der Waals surface area contributed by atoms with E-state index < -0.39 is 34.5 Å². The van der Waals surface area contributed by atoms with E-state index in [0.717, 1.165) is 16.3 Å². The lowest BCUT2D eigenvalue weighted by Crippen LogP contribution is -2.49. The van der Waals surface area contributed by atoms with Gasteiger partial charge in [-0.15, -0.1) is 11.3 Å². The van der Waals surface area contributed by atoms with Crippen LogP contribution < -0.4 is 0 Å². The Balaban J connectivity index is 2.57. The molecule has 1 saturated heterocycles. The number of carbonyl (C=O) groups is 1. The van der Waals surface area contributed by atoms with E-state index in [1.807, 2.05) is 6.07 Å². The minimum atomic E-state index is -3.51. The predicted octanol–water partition coefficient (Wildman–Crippen LogP) is 4.73. The quantitative estimate of drug-likeness (QED) is 0.632. The van der Waals surface area contributed by atoms with Crippen LogP contribution in [0.15, 0.2) is 15.9 Å². The minimum Gasteiger partial charge on any atom is -0.481 e. The molecular weight excluding hydrogens is 428 g/mol. The first kappa shape index (κ1) is 20.1. The van der Waals surface area contributed by atoms with Crippen LogP contribution in [0.2, 0.25) is 25.7 Å². The summed E-state index contributed by atoms with van der Waals surface area (Å²) in [5, 5.41) is 9.93. The second-order valence-electron chi connectivity index (χ2n) is 7.76. The molecule has 4 nitrogen and oxygen atoms in total. The van der Waals surface area contributed by atoms with Gasteiger partial charge in [0.05, 0.1) is 15.5 Å². The molecule has 1 aromatic heterocycles. The average molecular weight is 453 g/mol. The molecule has 2 atom stereocenters. The SMILES string of the molecule is C[Si](C)(C)CCC(C(=O)O)[C@]1(c2ccc(Br)s2)CCCCS1(=O)=O. The van der Waals surface area contributed by atoms with Crippen molar-refractivity contribution in [2.24, 2.45) is 5.92 Å². The van der Waals surface area contributed by atoms with E-state index in [2.05, 4.69) is 35.6 Å². The highest BCUT2D eigenvalue weighted by molar-refractivity contribution is 9.11. The summed E-state index contributed by atoms with van der Waals surface area (Å²) in [7, 11) is -4.98. The van der Waals surface area contributed by atoms with Crippen LogP contribution in [0.25, 0.3) is 0 Å². The third-order valence-corrected chi connectivity index (χ3v) is 11.2. The van der Waals surface area contributed by atoms with E-state index in [9.17, 15) is 18.3 Å². The molecule has 2 heterocycles. The first-order valence-electron chi connectivity index (χ1n) is 8.20. The summed E-state index contributed by atoms with van der Waals surface area (Å²) in [6, 6.07) is 4.43. The molecule has 24 heavy (non-hydrogen) atoms. The molecule has 0 bridgehead atoms. The normalized spacial score (nSPS) is 25.3. The maximum Gasteiger partial charge on any atom is 0.308 e. The third-order valence-electron chi connectivity index (χ3n) is 4.80. The molecule has 0 saturated carbocycles. The standard InChI is InChI=1S/C16H25BrO4S2Si/c1-24(2,3)11-8-12(15(18)19)16(13-6-7-14(17)22-13)9-4-5-10-23(16,20)21/h6-7,12H,4-5,8-11H2,1-3H3,(H,18,19)/t12?,16-/m0/s1. The van der Waals surface area contributed by atoms with Crippen molar-refractivity contribution in [2.45, 2.75) is 56.1 Å². The Morgan fingerprint density at radius 2 is 2.04 bits per heavy atom. The summed E-state index contributed by atoms with van der Waals surface area (Å²) in [6.45, 7) is 6.57. The molecule has 1 unspecified atom stereocenters. The zero-order valence-corrected chi connectivity index (χ0v) is 18.6. The maximum absolute atomic E-state index is 13.1. The number of carboxylic acid groups (broad SMARTS) is 1. The van der Waals surface area contributed by atoms with Crippen molar-refractivity contribution < 1.29 is 18.3 Å². The number of carboxylic acids is 1. The molecule has 1 aromatic rings. The minimum absolute atomic E-state index is 0.0826. The van der Waals surface area contributed by atoms with Crippen LogP contribution >= 0.6 is 27.3 Å². The lowest BCUT2D eigenvalue weighted by Gasteiger charge is -2.41. The summed E-state index contributed by atoms with van der Waals surface area (Å²) in [6.07, 6.45) is 2.22. The molecule has 136 valence electrons. The Kier molecular flexibility index (Phi) is 6.05. The fraction of sp³-hybridized carbons (Fsp3) is 0.688. The Morgan fingerprint density at radius 3 is 2.50 bits per heavy atom. The summed E-state index contributed by atoms with van der Waals surface area (Å²) in [4.78, 5) is 12.8. The van der Waals surface area contributed by atoms with Gasteiger partial charge in [-0.25, -0.2) is 8.42 Å². The molecule has 1 aliphatic heterocycles. The van der Waals surface area contributed by atoms with Crippen LogP contribution in [0.4, 0.5) is 0 Å². The molecule has 0 spiro atoms. The molecule has 0 aliphatic carbocycles. The maximum atomic E-state index is 13.1. The predicted molar refractivity (Wildman–Crippen MR) is 105 cm³/mol. The van der Waals surface area contributed by atoms with Gasteiger partial charge in [0.15, 0.2) is 9.84 Å². The number of halogens is 1. The van der Waals surface area contributed by atoms with E-state index in [-0.39, 0.29) is 5.75 Å². The summed E-state index contributed by atoms with van der Waals surface area (Å²) in [5.41, 5.74) is 0. The van der Waals surface area contributed by atoms with E-state index in [1.54, 1.807) is 6.07 Å². The van der Waals surface area contributed by atoms with Crippen molar-refractivity contribution in [3.05, 3.63) is 20.8 Å². The van der Waals surface area contributed by atoms with E-state index in [0.29, 0.717) is 24.1 Å². The Morgan fingerprint density at radius 1 is 1.38 bits per heavy atom. The highest BCUT2D eigenvalue weighted by atomic mass is 79.9. The molecule has 1 aliphatic rings. The van der Waals surface area contributed by atoms with Crippen LogP contribution in [-0.2, 0) is 19.4 Å². The zero-order valence-electron chi connectivity index (χ0n) is 14.3. The number of rotatable bonds is 6. The highest BCUT2D eigenvalue weighted by Gasteiger charge is 2.55. The second kappa shape index (κ2) is 7.21. The largest absolute Gasteiger partial charge is 0.481 e. The van der Waals surface area contributed by atoms with E-state index >= 15 is 0 Å². The van der Waals surface area contributed by atoms with Crippen molar-refractivity contribution in [3.63, 3.8) is 0 Å². The Hall–Kier alpha value is -0.183. The van der Waals surface area contributed by atoms with Crippen LogP contribution in [-0.4, -0.2) is 33.3 Å². The zero-order chi connectivity index (χ0) is 18.2. The smallest absolute Gasteiger partial charge is 0.308 e. The highest BCUT2D eigenvalue weighted by Crippen LogP contribution is 2.51. The molecule has 1 N–H and O–H groups in total. The van der Waals surface area contributed by atoms with Gasteiger partial charge in [0.1, 0.15) is 4.75 Å². The fourth-order valence-corrected chi connectivity index (χ4v) is 9.18. The number of aliphatic carboxylic acids is 1. The van der Waals surface area contributed by atoms with Gasteiger partial charge in [-0.3, -0.25) is 4.79 Å². The second-order valence-corrected chi connectivity index (χ2v) is 18.2. The molecule has 8 heteroatoms. The fourth-order valence-electron chi connectivity index (χ4n) is 3.53. The van der Waals surface area contributed by atoms with Gasteiger partial charge in [-0.1, -0.05) is 32.1 Å². The topological polar surface area (TPSA) is 71.4 Å². The van der Waals surface area contributed by atoms with Crippen molar-refractivity contribution in [3.8, 4) is 0 Å². The van der Waals surface area contributed by atoms with E-state index in [4.69, 9.17) is 0 Å². The summed E-state index contributed by atoms with van der Waals surface area (Å²) in [5.74, 6) is -1.78. The first-order valence-corrected chi connectivity index (χ1v) is 15.2. The summed E-state index contributed by atoms with van der Waals surface area (Å²) >= 11 is 4.76.